The van der Waals surface area contributed by atoms with Crippen LogP contribution in [0.1, 0.15) is 30.0 Å². The normalized spacial score (nSPS) is 17.7. The number of likely N-dealkylation sites (tertiary alicyclic amines) is 1. The van der Waals surface area contributed by atoms with Crippen LogP contribution < -0.4 is 5.73 Å². The first-order valence-electron chi connectivity index (χ1n) is 6.86. The molecule has 0 saturated carbocycles. The van der Waals surface area contributed by atoms with E-state index in [1.807, 2.05) is 18.3 Å². The SMILES string of the molecule is Nc1cccc(CN2CCC(c3cnc[nH]3)CC2)c1. The molecule has 0 bridgehead atoms. The Morgan fingerprint density at radius 2 is 2.16 bits per heavy atom. The lowest BCUT2D eigenvalue weighted by molar-refractivity contribution is 0.203. The lowest BCUT2D eigenvalue weighted by Crippen LogP contribution is -2.32. The Labute approximate surface area is 113 Å². The van der Waals surface area contributed by atoms with E-state index in [1.165, 1.54) is 24.1 Å². The zero-order valence-corrected chi connectivity index (χ0v) is 11.0. The highest BCUT2D eigenvalue weighted by Gasteiger charge is 2.21. The molecule has 1 aliphatic rings. The Morgan fingerprint density at radius 3 is 2.84 bits per heavy atom. The molecule has 3 N–H and O–H groups in total. The number of nitrogens with two attached hydrogens (primary N) is 1. The second-order valence-corrected chi connectivity index (χ2v) is 5.30. The molecule has 1 aromatic heterocycles. The van der Waals surface area contributed by atoms with Crippen molar-refractivity contribution >= 4 is 5.69 Å². The van der Waals surface area contributed by atoms with Gasteiger partial charge in [-0.05, 0) is 43.6 Å². The van der Waals surface area contributed by atoms with Crippen molar-refractivity contribution in [3.63, 3.8) is 0 Å². The zero-order chi connectivity index (χ0) is 13.1. The summed E-state index contributed by atoms with van der Waals surface area (Å²) in [6.45, 7) is 3.28. The minimum absolute atomic E-state index is 0.639. The van der Waals surface area contributed by atoms with Gasteiger partial charge in [-0.25, -0.2) is 4.98 Å². The van der Waals surface area contributed by atoms with E-state index in [4.69, 9.17) is 5.73 Å². The average Bonchev–Trinajstić information content (AvgIpc) is 2.94. The molecule has 3 rings (SSSR count). The minimum atomic E-state index is 0.639. The van der Waals surface area contributed by atoms with Gasteiger partial charge in [-0.2, -0.15) is 0 Å². The molecule has 100 valence electrons. The number of rotatable bonds is 3. The molecule has 4 nitrogen and oxygen atoms in total. The van der Waals surface area contributed by atoms with E-state index in [0.717, 1.165) is 25.3 Å². The maximum absolute atomic E-state index is 5.82. The second-order valence-electron chi connectivity index (χ2n) is 5.30. The maximum Gasteiger partial charge on any atom is 0.0921 e. The van der Waals surface area contributed by atoms with Crippen molar-refractivity contribution < 1.29 is 0 Å². The summed E-state index contributed by atoms with van der Waals surface area (Å²) in [6.07, 6.45) is 6.13. The van der Waals surface area contributed by atoms with Crippen molar-refractivity contribution in [1.82, 2.24) is 14.9 Å². The third-order valence-electron chi connectivity index (χ3n) is 3.90. The molecule has 19 heavy (non-hydrogen) atoms. The summed E-state index contributed by atoms with van der Waals surface area (Å²) in [4.78, 5) is 9.85. The molecule has 0 aliphatic carbocycles. The largest absolute Gasteiger partial charge is 0.399 e. The Bertz CT molecular complexity index is 513. The number of nitrogens with one attached hydrogen (secondary N) is 1. The Morgan fingerprint density at radius 1 is 1.32 bits per heavy atom. The summed E-state index contributed by atoms with van der Waals surface area (Å²) < 4.78 is 0. The van der Waals surface area contributed by atoms with E-state index in [2.05, 4.69) is 27.0 Å². The molecule has 0 atom stereocenters. The van der Waals surface area contributed by atoms with Crippen LogP contribution in [0.15, 0.2) is 36.8 Å². The molecule has 0 amide bonds. The van der Waals surface area contributed by atoms with Gasteiger partial charge in [-0.15, -0.1) is 0 Å². The quantitative estimate of drug-likeness (QED) is 0.829. The molecular weight excluding hydrogens is 236 g/mol. The van der Waals surface area contributed by atoms with Crippen LogP contribution in [0.5, 0.6) is 0 Å². The van der Waals surface area contributed by atoms with Crippen molar-refractivity contribution in [2.75, 3.05) is 18.8 Å². The van der Waals surface area contributed by atoms with Crippen molar-refractivity contribution in [3.8, 4) is 0 Å². The molecule has 2 aromatic rings. The highest BCUT2D eigenvalue weighted by Crippen LogP contribution is 2.27. The number of aromatic amines is 1. The summed E-state index contributed by atoms with van der Waals surface area (Å²) in [5.74, 6) is 0.639. The van der Waals surface area contributed by atoms with E-state index >= 15 is 0 Å². The third-order valence-corrected chi connectivity index (χ3v) is 3.90. The third kappa shape index (κ3) is 2.96. The molecule has 4 heteroatoms. The molecule has 0 unspecified atom stereocenters. The first kappa shape index (κ1) is 12.2. The number of imidazole rings is 1. The Hall–Kier alpha value is -1.81. The van der Waals surface area contributed by atoms with Gasteiger partial charge in [0.2, 0.25) is 0 Å². The van der Waals surface area contributed by atoms with Crippen molar-refractivity contribution in [2.45, 2.75) is 25.3 Å². The molecule has 0 spiro atoms. The van der Waals surface area contributed by atoms with Crippen molar-refractivity contribution in [1.29, 1.82) is 0 Å². The number of piperidine rings is 1. The predicted octanol–water partition coefficient (Wildman–Crippen LogP) is 2.37. The fourth-order valence-corrected chi connectivity index (χ4v) is 2.84. The van der Waals surface area contributed by atoms with Gasteiger partial charge in [-0.3, -0.25) is 4.90 Å². The van der Waals surface area contributed by atoms with Gasteiger partial charge in [0.25, 0.3) is 0 Å². The predicted molar refractivity (Wildman–Crippen MR) is 76.7 cm³/mol. The lowest BCUT2D eigenvalue weighted by Gasteiger charge is -2.31. The number of nitrogen functional groups attached to an aromatic ring is 1. The van der Waals surface area contributed by atoms with E-state index in [0.29, 0.717) is 5.92 Å². The molecule has 2 heterocycles. The Balaban J connectivity index is 1.56. The van der Waals surface area contributed by atoms with Crippen molar-refractivity contribution in [3.05, 3.63) is 48.0 Å². The molecule has 1 aromatic carbocycles. The van der Waals surface area contributed by atoms with Gasteiger partial charge < -0.3 is 10.7 Å². The first-order chi connectivity index (χ1) is 9.31. The van der Waals surface area contributed by atoms with Crippen LogP contribution >= 0.6 is 0 Å². The fourth-order valence-electron chi connectivity index (χ4n) is 2.84. The smallest absolute Gasteiger partial charge is 0.0921 e. The monoisotopic (exact) mass is 256 g/mol. The summed E-state index contributed by atoms with van der Waals surface area (Å²) in [7, 11) is 0. The van der Waals surface area contributed by atoms with Crippen molar-refractivity contribution in [2.24, 2.45) is 0 Å². The van der Waals surface area contributed by atoms with Crippen LogP contribution in [-0.4, -0.2) is 28.0 Å². The van der Waals surface area contributed by atoms with Crippen LogP contribution in [0.25, 0.3) is 0 Å². The standard InChI is InChI=1S/C15H20N4/c16-14-3-1-2-12(8-14)10-19-6-4-13(5-7-19)15-9-17-11-18-15/h1-3,8-9,11,13H,4-7,10,16H2,(H,17,18). The lowest BCUT2D eigenvalue weighted by atomic mass is 9.94. The number of nitrogens with zero attached hydrogens (tertiary/aromatic N) is 2. The van der Waals surface area contributed by atoms with E-state index < -0.39 is 0 Å². The summed E-state index contributed by atoms with van der Waals surface area (Å²) >= 11 is 0. The summed E-state index contributed by atoms with van der Waals surface area (Å²) in [6, 6.07) is 8.19. The van der Waals surface area contributed by atoms with Gasteiger partial charge >= 0.3 is 0 Å². The van der Waals surface area contributed by atoms with Gasteiger partial charge in [-0.1, -0.05) is 12.1 Å². The number of hydrogen-bond donors (Lipinski definition) is 2. The number of H-pyrrole nitrogens is 1. The Kier molecular flexibility index (Phi) is 3.51. The van der Waals surface area contributed by atoms with Gasteiger partial charge in [0.1, 0.15) is 0 Å². The van der Waals surface area contributed by atoms with Crippen LogP contribution in [0.3, 0.4) is 0 Å². The van der Waals surface area contributed by atoms with Crippen LogP contribution in [0.2, 0.25) is 0 Å². The fraction of sp³-hybridized carbons (Fsp3) is 0.400. The summed E-state index contributed by atoms with van der Waals surface area (Å²) in [5.41, 5.74) is 9.26. The van der Waals surface area contributed by atoms with Crippen LogP contribution in [0.4, 0.5) is 5.69 Å². The molecule has 1 aliphatic heterocycles. The number of anilines is 1. The van der Waals surface area contributed by atoms with E-state index in [-0.39, 0.29) is 0 Å². The maximum atomic E-state index is 5.82. The molecule has 1 fully saturated rings. The molecule has 1 saturated heterocycles. The van der Waals surface area contributed by atoms with E-state index in [9.17, 15) is 0 Å². The topological polar surface area (TPSA) is 57.9 Å². The number of aromatic nitrogens is 2. The molecular formula is C15H20N4. The second kappa shape index (κ2) is 5.45. The highest BCUT2D eigenvalue weighted by atomic mass is 15.1. The minimum Gasteiger partial charge on any atom is -0.399 e. The van der Waals surface area contributed by atoms with Gasteiger partial charge in [0.05, 0.1) is 6.33 Å². The van der Waals surface area contributed by atoms with Gasteiger partial charge in [0.15, 0.2) is 0 Å². The van der Waals surface area contributed by atoms with Crippen LogP contribution in [0, 0.1) is 0 Å². The first-order valence-corrected chi connectivity index (χ1v) is 6.86. The summed E-state index contributed by atoms with van der Waals surface area (Å²) in [5, 5.41) is 0. The number of hydrogen-bond acceptors (Lipinski definition) is 3. The van der Waals surface area contributed by atoms with Gasteiger partial charge in [0, 0.05) is 30.0 Å². The molecule has 0 radical (unpaired) electrons. The zero-order valence-electron chi connectivity index (χ0n) is 11.0. The van der Waals surface area contributed by atoms with Crippen LogP contribution in [-0.2, 0) is 6.54 Å². The van der Waals surface area contributed by atoms with E-state index in [1.54, 1.807) is 6.33 Å². The highest BCUT2D eigenvalue weighted by molar-refractivity contribution is 5.40. The average molecular weight is 256 g/mol. The number of benzene rings is 1.